The minimum Gasteiger partial charge on any atom is -0.444 e. The first-order chi connectivity index (χ1) is 7.67. The predicted octanol–water partition coefficient (Wildman–Crippen LogP) is 2.94. The summed E-state index contributed by atoms with van der Waals surface area (Å²) in [5.41, 5.74) is -0.678. The molecule has 4 nitrogen and oxygen atoms in total. The summed E-state index contributed by atoms with van der Waals surface area (Å²) in [7, 11) is 0. The number of ether oxygens (including phenoxy) is 1. The van der Waals surface area contributed by atoms with E-state index in [4.69, 9.17) is 4.74 Å². The van der Waals surface area contributed by atoms with Gasteiger partial charge in [0, 0.05) is 6.54 Å². The molecule has 1 fully saturated rings. The van der Waals surface area contributed by atoms with Gasteiger partial charge in [-0.05, 0) is 39.0 Å². The summed E-state index contributed by atoms with van der Waals surface area (Å²) < 4.78 is 5.34. The molecule has 0 radical (unpaired) electrons. The van der Waals surface area contributed by atoms with Crippen molar-refractivity contribution in [3.63, 3.8) is 0 Å². The third-order valence-electron chi connectivity index (χ3n) is 3.02. The molecule has 0 aromatic heterocycles. The number of carbonyl (C=O) groups is 1. The zero-order valence-corrected chi connectivity index (χ0v) is 11.4. The molecular weight excluding hydrogens is 216 g/mol. The molecule has 96 valence electrons. The summed E-state index contributed by atoms with van der Waals surface area (Å²) >= 11 is 0. The van der Waals surface area contributed by atoms with Crippen molar-refractivity contribution < 1.29 is 9.53 Å². The van der Waals surface area contributed by atoms with Gasteiger partial charge in [-0.3, -0.25) is 4.90 Å². The summed E-state index contributed by atoms with van der Waals surface area (Å²) in [4.78, 5) is 13.6. The molecule has 1 amide bonds. The van der Waals surface area contributed by atoms with Gasteiger partial charge in [-0.1, -0.05) is 13.8 Å². The molecule has 1 atom stereocenters. The number of nitrogens with zero attached hydrogens (tertiary/aromatic N) is 2. The summed E-state index contributed by atoms with van der Waals surface area (Å²) in [6.45, 7) is 10.2. The smallest absolute Gasteiger partial charge is 0.411 e. The Balaban J connectivity index is 2.82. The molecule has 0 spiro atoms. The largest absolute Gasteiger partial charge is 0.444 e. The lowest BCUT2D eigenvalue weighted by Crippen LogP contribution is -2.52. The molecule has 1 aliphatic rings. The molecule has 17 heavy (non-hydrogen) atoms. The number of hydrogen-bond donors (Lipinski definition) is 0. The number of nitriles is 1. The van der Waals surface area contributed by atoms with E-state index in [0.29, 0.717) is 6.54 Å². The van der Waals surface area contributed by atoms with Gasteiger partial charge in [0.05, 0.1) is 6.07 Å². The van der Waals surface area contributed by atoms with Gasteiger partial charge in [0.25, 0.3) is 0 Å². The first kappa shape index (κ1) is 13.8. The van der Waals surface area contributed by atoms with Crippen LogP contribution < -0.4 is 0 Å². The Morgan fingerprint density at radius 3 is 2.53 bits per heavy atom. The zero-order chi connectivity index (χ0) is 13.3. The second kappa shape index (κ2) is 4.56. The van der Waals surface area contributed by atoms with Crippen LogP contribution in [0.5, 0.6) is 0 Å². The Labute approximate surface area is 104 Å². The predicted molar refractivity (Wildman–Crippen MR) is 65.4 cm³/mol. The van der Waals surface area contributed by atoms with E-state index in [1.807, 2.05) is 34.6 Å². The van der Waals surface area contributed by atoms with Crippen molar-refractivity contribution in [1.29, 1.82) is 5.26 Å². The maximum absolute atomic E-state index is 12.0. The van der Waals surface area contributed by atoms with Crippen molar-refractivity contribution in [1.82, 2.24) is 4.90 Å². The van der Waals surface area contributed by atoms with Gasteiger partial charge in [0.2, 0.25) is 0 Å². The van der Waals surface area contributed by atoms with E-state index in [9.17, 15) is 10.1 Å². The molecule has 0 bridgehead atoms. The van der Waals surface area contributed by atoms with Crippen molar-refractivity contribution in [3.8, 4) is 6.07 Å². The van der Waals surface area contributed by atoms with Crippen LogP contribution in [-0.4, -0.2) is 29.2 Å². The molecule has 0 saturated carbocycles. The van der Waals surface area contributed by atoms with Gasteiger partial charge in [-0.15, -0.1) is 0 Å². The van der Waals surface area contributed by atoms with Crippen LogP contribution in [0.4, 0.5) is 4.79 Å². The minimum absolute atomic E-state index is 0.163. The summed E-state index contributed by atoms with van der Waals surface area (Å²) in [5, 5.41) is 9.24. The van der Waals surface area contributed by atoms with Gasteiger partial charge in [-0.2, -0.15) is 5.26 Å². The highest BCUT2D eigenvalue weighted by molar-refractivity contribution is 5.69. The quantitative estimate of drug-likeness (QED) is 0.652. The van der Waals surface area contributed by atoms with E-state index in [-0.39, 0.29) is 11.5 Å². The first-order valence-corrected chi connectivity index (χ1v) is 6.06. The number of hydrogen-bond acceptors (Lipinski definition) is 3. The van der Waals surface area contributed by atoms with E-state index in [1.54, 1.807) is 4.90 Å². The number of amides is 1. The Kier molecular flexibility index (Phi) is 3.71. The number of carbonyl (C=O) groups excluding carboxylic acids is 1. The summed E-state index contributed by atoms with van der Waals surface area (Å²) in [6.07, 6.45) is 1.51. The maximum Gasteiger partial charge on any atom is 0.411 e. The van der Waals surface area contributed by atoms with Gasteiger partial charge >= 0.3 is 6.09 Å². The van der Waals surface area contributed by atoms with Crippen LogP contribution in [0.25, 0.3) is 0 Å². The van der Waals surface area contributed by atoms with Gasteiger partial charge in [0.1, 0.15) is 11.6 Å². The Morgan fingerprint density at radius 2 is 2.06 bits per heavy atom. The van der Waals surface area contributed by atoms with Crippen molar-refractivity contribution in [2.45, 2.75) is 59.1 Å². The Bertz CT molecular complexity index is 336. The molecule has 1 heterocycles. The third kappa shape index (κ3) is 3.36. The highest BCUT2D eigenvalue weighted by atomic mass is 16.6. The van der Waals surface area contributed by atoms with Crippen molar-refractivity contribution >= 4 is 6.09 Å². The molecule has 1 rings (SSSR count). The van der Waals surface area contributed by atoms with E-state index >= 15 is 0 Å². The van der Waals surface area contributed by atoms with Crippen molar-refractivity contribution in [3.05, 3.63) is 0 Å². The second-order valence-electron chi connectivity index (χ2n) is 6.30. The molecule has 0 aromatic rings. The van der Waals surface area contributed by atoms with Crippen molar-refractivity contribution in [2.75, 3.05) is 6.54 Å². The van der Waals surface area contributed by atoms with Gasteiger partial charge in [0.15, 0.2) is 0 Å². The lowest BCUT2D eigenvalue weighted by molar-refractivity contribution is -0.00324. The van der Waals surface area contributed by atoms with Crippen LogP contribution in [0.1, 0.15) is 47.5 Å². The number of likely N-dealkylation sites (tertiary alicyclic amines) is 1. The Morgan fingerprint density at radius 1 is 1.47 bits per heavy atom. The zero-order valence-electron chi connectivity index (χ0n) is 11.4. The summed E-state index contributed by atoms with van der Waals surface area (Å²) in [5.74, 6) is 0. The topological polar surface area (TPSA) is 53.3 Å². The number of piperidine rings is 1. The monoisotopic (exact) mass is 238 g/mol. The number of rotatable bonds is 0. The fourth-order valence-electron chi connectivity index (χ4n) is 2.15. The van der Waals surface area contributed by atoms with E-state index < -0.39 is 11.6 Å². The first-order valence-electron chi connectivity index (χ1n) is 6.06. The molecule has 0 aliphatic carbocycles. The Hall–Kier alpha value is -1.24. The normalized spacial score (nSPS) is 24.0. The van der Waals surface area contributed by atoms with Crippen LogP contribution in [0.15, 0.2) is 0 Å². The molecule has 1 saturated heterocycles. The highest BCUT2D eigenvalue weighted by Gasteiger charge is 2.41. The molecule has 1 unspecified atom stereocenters. The summed E-state index contributed by atoms with van der Waals surface area (Å²) in [6, 6.07) is 1.84. The fourth-order valence-corrected chi connectivity index (χ4v) is 2.15. The highest BCUT2D eigenvalue weighted by Crippen LogP contribution is 2.35. The lowest BCUT2D eigenvalue weighted by atomic mass is 9.77. The fraction of sp³-hybridized carbons (Fsp3) is 0.846. The lowest BCUT2D eigenvalue weighted by Gasteiger charge is -2.42. The van der Waals surface area contributed by atoms with Gasteiger partial charge < -0.3 is 4.74 Å². The standard InChI is InChI=1S/C13H22N2O2/c1-12(2,3)17-11(16)15-8-6-7-13(4,5)10(15)9-14/h10H,6-8H2,1-5H3. The minimum atomic E-state index is -0.515. The van der Waals surface area contributed by atoms with Crippen LogP contribution in [0, 0.1) is 16.7 Å². The molecule has 1 aliphatic heterocycles. The van der Waals surface area contributed by atoms with Crippen LogP contribution >= 0.6 is 0 Å². The van der Waals surface area contributed by atoms with E-state index in [0.717, 1.165) is 12.8 Å². The van der Waals surface area contributed by atoms with E-state index in [2.05, 4.69) is 6.07 Å². The van der Waals surface area contributed by atoms with Gasteiger partial charge in [-0.25, -0.2) is 4.79 Å². The van der Waals surface area contributed by atoms with Crippen LogP contribution in [0.2, 0.25) is 0 Å². The van der Waals surface area contributed by atoms with Crippen molar-refractivity contribution in [2.24, 2.45) is 5.41 Å². The molecule has 0 N–H and O–H groups in total. The average molecular weight is 238 g/mol. The molecule has 0 aromatic carbocycles. The maximum atomic E-state index is 12.0. The molecule has 4 heteroatoms. The SMILES string of the molecule is CC(C)(C)OC(=O)N1CCCC(C)(C)C1C#N. The molecular formula is C13H22N2O2. The second-order valence-corrected chi connectivity index (χ2v) is 6.30. The van der Waals surface area contributed by atoms with Crippen LogP contribution in [-0.2, 0) is 4.74 Å². The van der Waals surface area contributed by atoms with E-state index in [1.165, 1.54) is 0 Å². The third-order valence-corrected chi connectivity index (χ3v) is 3.02. The average Bonchev–Trinajstić information content (AvgIpc) is 2.13. The van der Waals surface area contributed by atoms with Crippen LogP contribution in [0.3, 0.4) is 0 Å².